The number of ether oxygens (including phenoxy) is 3. The fourth-order valence-corrected chi connectivity index (χ4v) is 3.17. The van der Waals surface area contributed by atoms with Gasteiger partial charge < -0.3 is 19.1 Å². The van der Waals surface area contributed by atoms with Crippen LogP contribution in [0.2, 0.25) is 0 Å². The molecule has 0 heterocycles. The largest absolute Gasteiger partial charge is 0.497 e. The van der Waals surface area contributed by atoms with Crippen LogP contribution < -0.4 is 14.4 Å². The van der Waals surface area contributed by atoms with E-state index in [4.69, 9.17) is 14.2 Å². The van der Waals surface area contributed by atoms with Crippen molar-refractivity contribution in [3.8, 4) is 11.5 Å². The summed E-state index contributed by atoms with van der Waals surface area (Å²) in [5.41, 5.74) is 1.02. The van der Waals surface area contributed by atoms with Gasteiger partial charge in [0.25, 0.3) is 5.91 Å². The standard InChI is InChI=1S/C23H23NO5/c1-4-24(20-11-7-9-16-8-5-6-10-18(16)20)22(25)15-29-23(26)19-13-12-17(27-2)14-21(19)28-3/h5-14H,4,15H2,1-3H3. The summed E-state index contributed by atoms with van der Waals surface area (Å²) in [5.74, 6) is -0.0534. The Kier molecular flexibility index (Phi) is 6.34. The van der Waals surface area contributed by atoms with Crippen molar-refractivity contribution >= 4 is 28.3 Å². The molecule has 0 saturated carbocycles. The second kappa shape index (κ2) is 9.10. The number of esters is 1. The van der Waals surface area contributed by atoms with Crippen molar-refractivity contribution in [1.29, 1.82) is 0 Å². The number of fused-ring (bicyclic) bond motifs is 1. The number of benzene rings is 3. The lowest BCUT2D eigenvalue weighted by Crippen LogP contribution is -2.34. The molecule has 1 amide bonds. The molecule has 0 aliphatic rings. The Balaban J connectivity index is 1.76. The Morgan fingerprint density at radius 1 is 0.931 bits per heavy atom. The number of carbonyl (C=O) groups excluding carboxylic acids is 2. The maximum Gasteiger partial charge on any atom is 0.342 e. The first-order chi connectivity index (χ1) is 14.1. The molecule has 6 nitrogen and oxygen atoms in total. The number of hydrogen-bond acceptors (Lipinski definition) is 5. The minimum absolute atomic E-state index is 0.231. The van der Waals surface area contributed by atoms with E-state index in [0.717, 1.165) is 16.5 Å². The molecule has 0 N–H and O–H groups in total. The molecule has 0 saturated heterocycles. The molecule has 0 aliphatic carbocycles. The van der Waals surface area contributed by atoms with Gasteiger partial charge in [0.05, 0.1) is 19.9 Å². The molecule has 0 unspecified atom stereocenters. The van der Waals surface area contributed by atoms with Crippen LogP contribution in [0, 0.1) is 0 Å². The predicted octanol–water partition coefficient (Wildman–Crippen LogP) is 4.07. The molecule has 3 aromatic rings. The Hall–Kier alpha value is -3.54. The van der Waals surface area contributed by atoms with Crippen molar-refractivity contribution in [2.24, 2.45) is 0 Å². The Morgan fingerprint density at radius 3 is 2.41 bits per heavy atom. The van der Waals surface area contributed by atoms with E-state index in [9.17, 15) is 9.59 Å². The molecule has 0 atom stereocenters. The highest BCUT2D eigenvalue weighted by Gasteiger charge is 2.20. The maximum atomic E-state index is 12.8. The van der Waals surface area contributed by atoms with Crippen molar-refractivity contribution in [1.82, 2.24) is 0 Å². The number of nitrogens with zero attached hydrogens (tertiary/aromatic N) is 1. The van der Waals surface area contributed by atoms with Gasteiger partial charge in [-0.25, -0.2) is 4.79 Å². The number of methoxy groups -OCH3 is 2. The van der Waals surface area contributed by atoms with Crippen LogP contribution in [0.5, 0.6) is 11.5 Å². The highest BCUT2D eigenvalue weighted by molar-refractivity contribution is 6.05. The average molecular weight is 393 g/mol. The van der Waals surface area contributed by atoms with Gasteiger partial charge in [0, 0.05) is 18.0 Å². The number of carbonyl (C=O) groups is 2. The van der Waals surface area contributed by atoms with Crippen molar-refractivity contribution in [3.63, 3.8) is 0 Å². The van der Waals surface area contributed by atoms with E-state index >= 15 is 0 Å². The molecule has 29 heavy (non-hydrogen) atoms. The second-order valence-corrected chi connectivity index (χ2v) is 6.28. The summed E-state index contributed by atoms with van der Waals surface area (Å²) in [5, 5.41) is 2.00. The summed E-state index contributed by atoms with van der Waals surface area (Å²) in [6, 6.07) is 18.4. The topological polar surface area (TPSA) is 65.1 Å². The molecule has 3 rings (SSSR count). The van der Waals surface area contributed by atoms with Gasteiger partial charge in [-0.05, 0) is 30.5 Å². The zero-order valence-corrected chi connectivity index (χ0v) is 16.7. The van der Waals surface area contributed by atoms with E-state index in [-0.39, 0.29) is 18.1 Å². The molecular formula is C23H23NO5. The van der Waals surface area contributed by atoms with Gasteiger partial charge in [-0.15, -0.1) is 0 Å². The van der Waals surface area contributed by atoms with Gasteiger partial charge in [0.2, 0.25) is 0 Å². The number of hydrogen-bond donors (Lipinski definition) is 0. The predicted molar refractivity (Wildman–Crippen MR) is 112 cm³/mol. The van der Waals surface area contributed by atoms with E-state index in [1.165, 1.54) is 14.2 Å². The maximum absolute atomic E-state index is 12.8. The third-order valence-corrected chi connectivity index (χ3v) is 4.63. The van der Waals surface area contributed by atoms with E-state index in [1.807, 2.05) is 49.4 Å². The zero-order chi connectivity index (χ0) is 20.8. The smallest absolute Gasteiger partial charge is 0.342 e. The van der Waals surface area contributed by atoms with Crippen molar-refractivity contribution in [3.05, 3.63) is 66.2 Å². The van der Waals surface area contributed by atoms with Gasteiger partial charge in [-0.3, -0.25) is 4.79 Å². The molecule has 0 fully saturated rings. The molecule has 6 heteroatoms. The van der Waals surface area contributed by atoms with Gasteiger partial charge >= 0.3 is 5.97 Å². The molecule has 3 aromatic carbocycles. The van der Waals surface area contributed by atoms with Crippen molar-refractivity contribution in [2.45, 2.75) is 6.92 Å². The van der Waals surface area contributed by atoms with Gasteiger partial charge in [0.1, 0.15) is 17.1 Å². The van der Waals surface area contributed by atoms with E-state index in [0.29, 0.717) is 18.0 Å². The molecular weight excluding hydrogens is 370 g/mol. The third kappa shape index (κ3) is 4.32. The summed E-state index contributed by atoms with van der Waals surface area (Å²) in [6.07, 6.45) is 0. The Labute approximate surface area is 169 Å². The number of likely N-dealkylation sites (N-methyl/N-ethyl adjacent to an activating group) is 1. The molecule has 150 valence electrons. The summed E-state index contributed by atoms with van der Waals surface area (Å²) in [6.45, 7) is 1.97. The lowest BCUT2D eigenvalue weighted by Gasteiger charge is -2.22. The minimum atomic E-state index is -0.633. The van der Waals surface area contributed by atoms with Gasteiger partial charge in [-0.1, -0.05) is 36.4 Å². The Morgan fingerprint density at radius 2 is 1.69 bits per heavy atom. The minimum Gasteiger partial charge on any atom is -0.497 e. The number of anilines is 1. The monoisotopic (exact) mass is 393 g/mol. The summed E-state index contributed by atoms with van der Waals surface area (Å²) in [4.78, 5) is 26.9. The summed E-state index contributed by atoms with van der Waals surface area (Å²) < 4.78 is 15.6. The summed E-state index contributed by atoms with van der Waals surface area (Å²) in [7, 11) is 2.98. The second-order valence-electron chi connectivity index (χ2n) is 6.28. The van der Waals surface area contributed by atoms with Crippen LogP contribution in [0.4, 0.5) is 5.69 Å². The number of amides is 1. The average Bonchev–Trinajstić information content (AvgIpc) is 2.77. The molecule has 0 radical (unpaired) electrons. The van der Waals surface area contributed by atoms with Crippen LogP contribution in [0.25, 0.3) is 10.8 Å². The van der Waals surface area contributed by atoms with Crippen LogP contribution in [-0.2, 0) is 9.53 Å². The first-order valence-corrected chi connectivity index (χ1v) is 9.26. The fraction of sp³-hybridized carbons (Fsp3) is 0.217. The Bertz CT molecular complexity index is 1030. The molecule has 0 aliphatic heterocycles. The van der Waals surface area contributed by atoms with E-state index in [2.05, 4.69) is 0 Å². The highest BCUT2D eigenvalue weighted by Crippen LogP contribution is 2.27. The van der Waals surface area contributed by atoms with E-state index in [1.54, 1.807) is 23.1 Å². The first-order valence-electron chi connectivity index (χ1n) is 9.26. The first kappa shape index (κ1) is 20.2. The van der Waals surface area contributed by atoms with Crippen LogP contribution >= 0.6 is 0 Å². The summed E-state index contributed by atoms with van der Waals surface area (Å²) >= 11 is 0. The van der Waals surface area contributed by atoms with Gasteiger partial charge in [0.15, 0.2) is 6.61 Å². The van der Waals surface area contributed by atoms with Crippen LogP contribution in [0.3, 0.4) is 0 Å². The normalized spacial score (nSPS) is 10.4. The number of rotatable bonds is 7. The van der Waals surface area contributed by atoms with Gasteiger partial charge in [-0.2, -0.15) is 0 Å². The fourth-order valence-electron chi connectivity index (χ4n) is 3.17. The van der Waals surface area contributed by atoms with Crippen LogP contribution in [0.15, 0.2) is 60.7 Å². The highest BCUT2D eigenvalue weighted by atomic mass is 16.5. The molecule has 0 spiro atoms. The van der Waals surface area contributed by atoms with Crippen molar-refractivity contribution in [2.75, 3.05) is 32.3 Å². The molecule has 0 aromatic heterocycles. The van der Waals surface area contributed by atoms with E-state index < -0.39 is 5.97 Å². The van der Waals surface area contributed by atoms with Crippen molar-refractivity contribution < 1.29 is 23.8 Å². The van der Waals surface area contributed by atoms with Crippen LogP contribution in [-0.4, -0.2) is 39.2 Å². The lowest BCUT2D eigenvalue weighted by atomic mass is 10.1. The third-order valence-electron chi connectivity index (χ3n) is 4.63. The quantitative estimate of drug-likeness (QED) is 0.566. The van der Waals surface area contributed by atoms with Crippen LogP contribution in [0.1, 0.15) is 17.3 Å². The molecule has 0 bridgehead atoms. The SMILES string of the molecule is CCN(C(=O)COC(=O)c1ccc(OC)cc1OC)c1cccc2ccccc12. The lowest BCUT2D eigenvalue weighted by molar-refractivity contribution is -0.121. The zero-order valence-electron chi connectivity index (χ0n) is 16.7.